The molecule has 116 valence electrons. The molecule has 2 rings (SSSR count). The summed E-state index contributed by atoms with van der Waals surface area (Å²) < 4.78 is 5.42. The van der Waals surface area contributed by atoms with Gasteiger partial charge in [-0.05, 0) is 18.5 Å². The van der Waals surface area contributed by atoms with E-state index in [1.54, 1.807) is 0 Å². The number of morpholine rings is 1. The Bertz CT molecular complexity index is 419. The van der Waals surface area contributed by atoms with E-state index in [4.69, 9.17) is 10.5 Å². The van der Waals surface area contributed by atoms with Gasteiger partial charge < -0.3 is 15.8 Å². The molecule has 3 N–H and O–H groups in total. The molecule has 1 atom stereocenters. The van der Waals surface area contributed by atoms with Crippen LogP contribution in [0.4, 0.5) is 0 Å². The van der Waals surface area contributed by atoms with Crippen LogP contribution < -0.4 is 11.1 Å². The van der Waals surface area contributed by atoms with Crippen LogP contribution in [-0.2, 0) is 9.53 Å². The van der Waals surface area contributed by atoms with Crippen LogP contribution in [0.1, 0.15) is 24.4 Å². The molecule has 1 aromatic rings. The number of nitrogens with zero attached hydrogens (tertiary/aromatic N) is 1. The molecule has 0 spiro atoms. The van der Waals surface area contributed by atoms with E-state index >= 15 is 0 Å². The highest BCUT2D eigenvalue weighted by atomic mass is 16.5. The average molecular weight is 291 g/mol. The smallest absolute Gasteiger partial charge is 0.220 e. The van der Waals surface area contributed by atoms with Gasteiger partial charge in [-0.15, -0.1) is 0 Å². The summed E-state index contributed by atoms with van der Waals surface area (Å²) in [7, 11) is 0. The summed E-state index contributed by atoms with van der Waals surface area (Å²) in [6.07, 6.45) is 1.24. The van der Waals surface area contributed by atoms with Crippen molar-refractivity contribution >= 4 is 5.91 Å². The number of rotatable bonds is 7. The van der Waals surface area contributed by atoms with E-state index in [0.29, 0.717) is 19.5 Å². The third kappa shape index (κ3) is 5.12. The maximum absolute atomic E-state index is 11.8. The maximum atomic E-state index is 11.8. The molecule has 1 amide bonds. The Morgan fingerprint density at radius 2 is 2.00 bits per heavy atom. The van der Waals surface area contributed by atoms with Crippen LogP contribution in [0.3, 0.4) is 0 Å². The third-order valence-electron chi connectivity index (χ3n) is 3.77. The van der Waals surface area contributed by atoms with Crippen LogP contribution in [0.2, 0.25) is 0 Å². The Kier molecular flexibility index (Phi) is 6.66. The molecule has 1 aromatic carbocycles. The second-order valence-corrected chi connectivity index (χ2v) is 5.27. The van der Waals surface area contributed by atoms with E-state index in [9.17, 15) is 4.79 Å². The van der Waals surface area contributed by atoms with Gasteiger partial charge in [0.15, 0.2) is 0 Å². The highest BCUT2D eigenvalue weighted by Gasteiger charge is 2.22. The van der Waals surface area contributed by atoms with Crippen molar-refractivity contribution in [1.29, 1.82) is 0 Å². The molecule has 5 nitrogen and oxygen atoms in total. The van der Waals surface area contributed by atoms with Gasteiger partial charge in [0.05, 0.1) is 19.3 Å². The van der Waals surface area contributed by atoms with Crippen molar-refractivity contribution in [3.05, 3.63) is 35.9 Å². The van der Waals surface area contributed by atoms with Crippen LogP contribution >= 0.6 is 0 Å². The van der Waals surface area contributed by atoms with Gasteiger partial charge in [0, 0.05) is 26.1 Å². The minimum absolute atomic E-state index is 0.0784. The average Bonchev–Trinajstić information content (AvgIpc) is 2.55. The predicted octanol–water partition coefficient (Wildman–Crippen LogP) is 0.915. The lowest BCUT2D eigenvalue weighted by atomic mass is 10.0. The second kappa shape index (κ2) is 8.77. The highest BCUT2D eigenvalue weighted by molar-refractivity contribution is 5.75. The molecule has 0 radical (unpaired) electrons. The van der Waals surface area contributed by atoms with Gasteiger partial charge in [0.25, 0.3) is 0 Å². The van der Waals surface area contributed by atoms with Crippen LogP contribution in [0.15, 0.2) is 30.3 Å². The van der Waals surface area contributed by atoms with Crippen LogP contribution in [0.25, 0.3) is 0 Å². The van der Waals surface area contributed by atoms with Crippen LogP contribution in [0, 0.1) is 0 Å². The molecule has 1 fully saturated rings. The van der Waals surface area contributed by atoms with Gasteiger partial charge in [-0.25, -0.2) is 0 Å². The Morgan fingerprint density at radius 1 is 1.29 bits per heavy atom. The Hall–Kier alpha value is -1.43. The Morgan fingerprint density at radius 3 is 2.67 bits per heavy atom. The number of ether oxygens (including phenoxy) is 1. The molecule has 1 aliphatic rings. The van der Waals surface area contributed by atoms with E-state index in [2.05, 4.69) is 22.3 Å². The van der Waals surface area contributed by atoms with Gasteiger partial charge in [-0.1, -0.05) is 30.3 Å². The Labute approximate surface area is 126 Å². The maximum Gasteiger partial charge on any atom is 0.220 e. The number of amides is 1. The second-order valence-electron chi connectivity index (χ2n) is 5.27. The zero-order chi connectivity index (χ0) is 14.9. The van der Waals surface area contributed by atoms with Crippen molar-refractivity contribution in [2.75, 3.05) is 39.4 Å². The fraction of sp³-hybridized carbons (Fsp3) is 0.562. The molecule has 5 heteroatoms. The molecule has 1 heterocycles. The third-order valence-corrected chi connectivity index (χ3v) is 3.77. The molecule has 1 unspecified atom stereocenters. The summed E-state index contributed by atoms with van der Waals surface area (Å²) in [5.74, 6) is 0.0784. The number of carbonyl (C=O) groups is 1. The van der Waals surface area contributed by atoms with Crippen molar-refractivity contribution in [3.63, 3.8) is 0 Å². The van der Waals surface area contributed by atoms with E-state index in [1.807, 2.05) is 18.2 Å². The van der Waals surface area contributed by atoms with Gasteiger partial charge in [0.1, 0.15) is 0 Å². The summed E-state index contributed by atoms with van der Waals surface area (Å²) in [6, 6.07) is 10.5. The quantitative estimate of drug-likeness (QED) is 0.784. The first-order chi connectivity index (χ1) is 10.3. The van der Waals surface area contributed by atoms with E-state index < -0.39 is 0 Å². The molecule has 0 aromatic heterocycles. The van der Waals surface area contributed by atoms with Gasteiger partial charge in [-0.2, -0.15) is 0 Å². The number of nitrogens with one attached hydrogen (secondary N) is 1. The fourth-order valence-electron chi connectivity index (χ4n) is 2.58. The zero-order valence-corrected chi connectivity index (χ0v) is 12.5. The molecular weight excluding hydrogens is 266 g/mol. The fourth-order valence-corrected chi connectivity index (χ4v) is 2.58. The summed E-state index contributed by atoms with van der Waals surface area (Å²) in [5.41, 5.74) is 6.67. The molecule has 1 saturated heterocycles. The molecule has 1 aliphatic heterocycles. The standard InChI is InChI=1S/C16H25N3O2/c17-8-4-7-16(20)18-13-15(14-5-2-1-3-6-14)19-9-11-21-12-10-19/h1-3,5-6,15H,4,7-13,17H2,(H,18,20). The first-order valence-corrected chi connectivity index (χ1v) is 7.65. The summed E-state index contributed by atoms with van der Waals surface area (Å²) >= 11 is 0. The van der Waals surface area contributed by atoms with Gasteiger partial charge in [0.2, 0.25) is 5.91 Å². The first kappa shape index (κ1) is 15.9. The number of benzene rings is 1. The van der Waals surface area contributed by atoms with Crippen molar-refractivity contribution in [1.82, 2.24) is 10.2 Å². The molecule has 0 saturated carbocycles. The van der Waals surface area contributed by atoms with Crippen molar-refractivity contribution in [2.45, 2.75) is 18.9 Å². The minimum atomic E-state index is 0.0784. The van der Waals surface area contributed by atoms with Gasteiger partial charge >= 0.3 is 0 Å². The molecule has 0 aliphatic carbocycles. The first-order valence-electron chi connectivity index (χ1n) is 7.65. The molecule has 0 bridgehead atoms. The van der Waals surface area contributed by atoms with Crippen LogP contribution in [0.5, 0.6) is 0 Å². The molecular formula is C16H25N3O2. The summed E-state index contributed by atoms with van der Waals surface area (Å²) in [5, 5.41) is 3.04. The number of carbonyl (C=O) groups excluding carboxylic acids is 1. The highest BCUT2D eigenvalue weighted by Crippen LogP contribution is 2.21. The lowest BCUT2D eigenvalue weighted by Crippen LogP contribution is -2.43. The van der Waals surface area contributed by atoms with E-state index in [1.165, 1.54) is 5.56 Å². The van der Waals surface area contributed by atoms with Crippen molar-refractivity contribution in [3.8, 4) is 0 Å². The lowest BCUT2D eigenvalue weighted by molar-refractivity contribution is -0.121. The normalized spacial score (nSPS) is 17.4. The topological polar surface area (TPSA) is 67.6 Å². The Balaban J connectivity index is 1.97. The number of hydrogen-bond donors (Lipinski definition) is 2. The molecule has 21 heavy (non-hydrogen) atoms. The number of hydrogen-bond acceptors (Lipinski definition) is 4. The predicted molar refractivity (Wildman–Crippen MR) is 82.9 cm³/mol. The van der Waals surface area contributed by atoms with Crippen molar-refractivity contribution < 1.29 is 9.53 Å². The minimum Gasteiger partial charge on any atom is -0.379 e. The number of nitrogens with two attached hydrogens (primary N) is 1. The van der Waals surface area contributed by atoms with Crippen LogP contribution in [-0.4, -0.2) is 50.2 Å². The monoisotopic (exact) mass is 291 g/mol. The van der Waals surface area contributed by atoms with Gasteiger partial charge in [-0.3, -0.25) is 9.69 Å². The van der Waals surface area contributed by atoms with E-state index in [0.717, 1.165) is 32.7 Å². The van der Waals surface area contributed by atoms with E-state index in [-0.39, 0.29) is 11.9 Å². The lowest BCUT2D eigenvalue weighted by Gasteiger charge is -2.35. The van der Waals surface area contributed by atoms with Crippen molar-refractivity contribution in [2.24, 2.45) is 5.73 Å². The largest absolute Gasteiger partial charge is 0.379 e. The SMILES string of the molecule is NCCCC(=O)NCC(c1ccccc1)N1CCOCC1. The summed E-state index contributed by atoms with van der Waals surface area (Å²) in [6.45, 7) is 4.50. The zero-order valence-electron chi connectivity index (χ0n) is 12.5. The summed E-state index contributed by atoms with van der Waals surface area (Å²) in [4.78, 5) is 14.2.